The molecule has 1 aromatic carbocycles. The van der Waals surface area contributed by atoms with Gasteiger partial charge in [-0.2, -0.15) is 0 Å². The Hall–Kier alpha value is -1.06. The van der Waals surface area contributed by atoms with Crippen molar-refractivity contribution >= 4 is 0 Å². The van der Waals surface area contributed by atoms with Gasteiger partial charge in [0.05, 0.1) is 0 Å². The highest BCUT2D eigenvalue weighted by atomic mass is 16.7. The summed E-state index contributed by atoms with van der Waals surface area (Å²) in [7, 11) is 2.14. The smallest absolute Gasteiger partial charge is 0.147 e. The first-order chi connectivity index (χ1) is 7.24. The lowest BCUT2D eigenvalue weighted by molar-refractivity contribution is -0.0849. The minimum absolute atomic E-state index is 0.935. The standard InChI is InChI=1S/C12H18N2O/c1-11-3-5-12(6-4-11)15-14-9-7-13(2)8-10-14/h3-6H,7-10H2,1-2H3. The van der Waals surface area contributed by atoms with Gasteiger partial charge in [-0.25, -0.2) is 0 Å². The number of hydrogen-bond acceptors (Lipinski definition) is 3. The van der Waals surface area contributed by atoms with Gasteiger partial charge >= 0.3 is 0 Å². The third kappa shape index (κ3) is 2.94. The Labute approximate surface area is 91.2 Å². The van der Waals surface area contributed by atoms with E-state index in [2.05, 4.69) is 31.0 Å². The first-order valence-corrected chi connectivity index (χ1v) is 5.42. The third-order valence-corrected chi connectivity index (χ3v) is 2.72. The molecule has 0 radical (unpaired) electrons. The Kier molecular flexibility index (Phi) is 3.23. The van der Waals surface area contributed by atoms with Gasteiger partial charge in [-0.1, -0.05) is 17.7 Å². The molecule has 0 N–H and O–H groups in total. The van der Waals surface area contributed by atoms with Crippen LogP contribution in [0.5, 0.6) is 5.75 Å². The number of aryl methyl sites for hydroxylation is 1. The van der Waals surface area contributed by atoms with Crippen molar-refractivity contribution in [2.75, 3.05) is 33.2 Å². The maximum absolute atomic E-state index is 5.77. The van der Waals surface area contributed by atoms with Crippen LogP contribution in [0.4, 0.5) is 0 Å². The summed E-state index contributed by atoms with van der Waals surface area (Å²) in [6.45, 7) is 6.19. The van der Waals surface area contributed by atoms with Crippen LogP contribution in [0.25, 0.3) is 0 Å². The highest BCUT2D eigenvalue weighted by Crippen LogP contribution is 2.13. The molecule has 0 atom stereocenters. The van der Waals surface area contributed by atoms with Crippen LogP contribution in [0, 0.1) is 6.92 Å². The fourth-order valence-electron chi connectivity index (χ4n) is 1.63. The van der Waals surface area contributed by atoms with E-state index in [9.17, 15) is 0 Å². The number of piperazine rings is 1. The summed E-state index contributed by atoms with van der Waals surface area (Å²) in [6.07, 6.45) is 0. The highest BCUT2D eigenvalue weighted by Gasteiger charge is 2.14. The van der Waals surface area contributed by atoms with Crippen molar-refractivity contribution < 1.29 is 4.84 Å². The minimum Gasteiger partial charge on any atom is -0.406 e. The SMILES string of the molecule is Cc1ccc(ON2CCN(C)CC2)cc1. The van der Waals surface area contributed by atoms with Crippen molar-refractivity contribution in [1.29, 1.82) is 0 Å². The molecule has 1 aliphatic rings. The minimum atomic E-state index is 0.935. The molecule has 0 aliphatic carbocycles. The van der Waals surface area contributed by atoms with Crippen LogP contribution < -0.4 is 4.84 Å². The summed E-state index contributed by atoms with van der Waals surface area (Å²) in [4.78, 5) is 8.08. The predicted molar refractivity (Wildman–Crippen MR) is 60.9 cm³/mol. The van der Waals surface area contributed by atoms with Gasteiger partial charge in [0.15, 0.2) is 0 Å². The third-order valence-electron chi connectivity index (χ3n) is 2.72. The molecule has 82 valence electrons. The molecule has 2 rings (SSSR count). The number of nitrogens with zero attached hydrogens (tertiary/aromatic N) is 2. The van der Waals surface area contributed by atoms with Crippen molar-refractivity contribution in [1.82, 2.24) is 9.96 Å². The van der Waals surface area contributed by atoms with Crippen molar-refractivity contribution in [3.05, 3.63) is 29.8 Å². The van der Waals surface area contributed by atoms with E-state index in [-0.39, 0.29) is 0 Å². The van der Waals surface area contributed by atoms with Gasteiger partial charge in [-0.3, -0.25) is 0 Å². The number of benzene rings is 1. The quantitative estimate of drug-likeness (QED) is 0.730. The molecule has 0 unspecified atom stereocenters. The lowest BCUT2D eigenvalue weighted by atomic mass is 10.2. The van der Waals surface area contributed by atoms with E-state index in [1.54, 1.807) is 0 Å². The second-order valence-electron chi connectivity index (χ2n) is 4.14. The first kappa shape index (κ1) is 10.5. The van der Waals surface area contributed by atoms with Gasteiger partial charge < -0.3 is 9.74 Å². The van der Waals surface area contributed by atoms with Gasteiger partial charge in [0, 0.05) is 26.2 Å². The molecule has 0 bridgehead atoms. The average molecular weight is 206 g/mol. The van der Waals surface area contributed by atoms with E-state index in [4.69, 9.17) is 4.84 Å². The normalized spacial score (nSPS) is 19.1. The molecule has 1 heterocycles. The lowest BCUT2D eigenvalue weighted by Gasteiger charge is -2.31. The molecular formula is C12H18N2O. The monoisotopic (exact) mass is 206 g/mol. The Balaban J connectivity index is 1.89. The van der Waals surface area contributed by atoms with E-state index in [1.807, 2.05) is 17.2 Å². The van der Waals surface area contributed by atoms with E-state index in [1.165, 1.54) is 5.56 Å². The van der Waals surface area contributed by atoms with Crippen LogP contribution in [-0.4, -0.2) is 43.2 Å². The van der Waals surface area contributed by atoms with Crippen LogP contribution in [-0.2, 0) is 0 Å². The molecule has 0 saturated carbocycles. The Morgan fingerprint density at radius 3 is 2.20 bits per heavy atom. The molecule has 0 amide bonds. The molecule has 0 spiro atoms. The Morgan fingerprint density at radius 1 is 1.00 bits per heavy atom. The topological polar surface area (TPSA) is 15.7 Å². The Morgan fingerprint density at radius 2 is 1.60 bits per heavy atom. The molecule has 1 aliphatic heterocycles. The van der Waals surface area contributed by atoms with Gasteiger partial charge in [0.1, 0.15) is 5.75 Å². The maximum atomic E-state index is 5.77. The molecule has 1 aromatic rings. The second kappa shape index (κ2) is 4.64. The lowest BCUT2D eigenvalue weighted by Crippen LogP contribution is -2.45. The zero-order valence-corrected chi connectivity index (χ0v) is 9.44. The predicted octanol–water partition coefficient (Wildman–Crippen LogP) is 1.54. The van der Waals surface area contributed by atoms with Gasteiger partial charge in [-0.15, -0.1) is 5.06 Å². The number of rotatable bonds is 2. The van der Waals surface area contributed by atoms with Gasteiger partial charge in [0.2, 0.25) is 0 Å². The van der Waals surface area contributed by atoms with Gasteiger partial charge in [-0.05, 0) is 26.1 Å². The molecule has 3 heteroatoms. The number of hydroxylamine groups is 2. The zero-order valence-electron chi connectivity index (χ0n) is 9.44. The van der Waals surface area contributed by atoms with Gasteiger partial charge in [0.25, 0.3) is 0 Å². The second-order valence-corrected chi connectivity index (χ2v) is 4.14. The molecule has 15 heavy (non-hydrogen) atoms. The van der Waals surface area contributed by atoms with Crippen molar-refractivity contribution in [3.8, 4) is 5.75 Å². The summed E-state index contributed by atoms with van der Waals surface area (Å²) < 4.78 is 0. The number of likely N-dealkylation sites (N-methyl/N-ethyl adjacent to an activating group) is 1. The molecular weight excluding hydrogens is 188 g/mol. The Bertz CT molecular complexity index is 302. The summed E-state index contributed by atoms with van der Waals surface area (Å²) in [5.74, 6) is 0.935. The molecule has 1 saturated heterocycles. The van der Waals surface area contributed by atoms with Crippen LogP contribution in [0.1, 0.15) is 5.56 Å². The fourth-order valence-corrected chi connectivity index (χ4v) is 1.63. The van der Waals surface area contributed by atoms with E-state index < -0.39 is 0 Å². The molecule has 0 aromatic heterocycles. The van der Waals surface area contributed by atoms with Crippen LogP contribution in [0.2, 0.25) is 0 Å². The summed E-state index contributed by atoms with van der Waals surface area (Å²) in [6, 6.07) is 8.19. The fraction of sp³-hybridized carbons (Fsp3) is 0.500. The summed E-state index contributed by atoms with van der Waals surface area (Å²) in [5.41, 5.74) is 1.26. The van der Waals surface area contributed by atoms with E-state index in [0.717, 1.165) is 31.9 Å². The van der Waals surface area contributed by atoms with Crippen LogP contribution in [0.15, 0.2) is 24.3 Å². The maximum Gasteiger partial charge on any atom is 0.147 e. The highest BCUT2D eigenvalue weighted by molar-refractivity contribution is 5.25. The van der Waals surface area contributed by atoms with Crippen LogP contribution >= 0.6 is 0 Å². The molecule has 1 fully saturated rings. The first-order valence-electron chi connectivity index (χ1n) is 5.42. The van der Waals surface area contributed by atoms with E-state index >= 15 is 0 Å². The molecule has 3 nitrogen and oxygen atoms in total. The van der Waals surface area contributed by atoms with Crippen molar-refractivity contribution in [3.63, 3.8) is 0 Å². The van der Waals surface area contributed by atoms with Crippen molar-refractivity contribution in [2.24, 2.45) is 0 Å². The zero-order chi connectivity index (χ0) is 10.7. The van der Waals surface area contributed by atoms with Crippen LogP contribution in [0.3, 0.4) is 0 Å². The summed E-state index contributed by atoms with van der Waals surface area (Å²) in [5, 5.41) is 2.03. The van der Waals surface area contributed by atoms with E-state index in [0.29, 0.717) is 0 Å². The summed E-state index contributed by atoms with van der Waals surface area (Å²) >= 11 is 0. The largest absolute Gasteiger partial charge is 0.406 e. The average Bonchev–Trinajstić information content (AvgIpc) is 2.25. The van der Waals surface area contributed by atoms with Crippen molar-refractivity contribution in [2.45, 2.75) is 6.92 Å². The number of hydrogen-bond donors (Lipinski definition) is 0.